The van der Waals surface area contributed by atoms with E-state index in [9.17, 15) is 0 Å². The molecule has 0 aromatic heterocycles. The number of aliphatic imine (C=N–C) groups is 1. The average Bonchev–Trinajstić information content (AvgIpc) is 2.07. The molecule has 1 aromatic rings. The molecule has 76 valence electrons. The number of amidine groups is 1. The molecule has 0 aliphatic rings. The zero-order chi connectivity index (χ0) is 10.7. The molecule has 0 amide bonds. The van der Waals surface area contributed by atoms with Gasteiger partial charge in [-0.15, -0.1) is 0 Å². The van der Waals surface area contributed by atoms with E-state index in [-0.39, 0.29) is 0 Å². The van der Waals surface area contributed by atoms with Gasteiger partial charge in [-0.3, -0.25) is 0 Å². The fraction of sp³-hybridized carbons (Fsp3) is 0.417. The van der Waals surface area contributed by atoms with Crippen LogP contribution >= 0.6 is 0 Å². The fourth-order valence-corrected chi connectivity index (χ4v) is 1.35. The van der Waals surface area contributed by atoms with Crippen molar-refractivity contribution in [2.75, 3.05) is 0 Å². The molecule has 2 N–H and O–H groups in total. The Kier molecular flexibility index (Phi) is 3.28. The second kappa shape index (κ2) is 4.27. The van der Waals surface area contributed by atoms with Crippen LogP contribution < -0.4 is 5.73 Å². The summed E-state index contributed by atoms with van der Waals surface area (Å²) in [6, 6.07) is 6.31. The van der Waals surface area contributed by atoms with Crippen molar-refractivity contribution in [2.45, 2.75) is 33.6 Å². The van der Waals surface area contributed by atoms with Gasteiger partial charge in [0, 0.05) is 0 Å². The lowest BCUT2D eigenvalue weighted by Crippen LogP contribution is -2.04. The quantitative estimate of drug-likeness (QED) is 0.564. The molecule has 1 aromatic carbocycles. The maximum Gasteiger partial charge on any atom is 0.0965 e. The first-order valence-electron chi connectivity index (χ1n) is 4.92. The predicted molar refractivity (Wildman–Crippen MR) is 62.2 cm³/mol. The van der Waals surface area contributed by atoms with Gasteiger partial charge in [0.05, 0.1) is 11.5 Å². The number of nitrogens with two attached hydrogens (primary N) is 1. The van der Waals surface area contributed by atoms with Gasteiger partial charge in [-0.25, -0.2) is 4.99 Å². The summed E-state index contributed by atoms with van der Waals surface area (Å²) < 4.78 is 0. The third kappa shape index (κ3) is 2.59. The van der Waals surface area contributed by atoms with Gasteiger partial charge in [0.25, 0.3) is 0 Å². The molecule has 0 saturated carbocycles. The Labute approximate surface area is 85.9 Å². The Morgan fingerprint density at radius 2 is 2.00 bits per heavy atom. The fourth-order valence-electron chi connectivity index (χ4n) is 1.35. The van der Waals surface area contributed by atoms with E-state index < -0.39 is 0 Å². The van der Waals surface area contributed by atoms with Gasteiger partial charge in [-0.05, 0) is 37.0 Å². The third-order valence-electron chi connectivity index (χ3n) is 2.18. The molecule has 0 atom stereocenters. The number of nitrogens with zero attached hydrogens (tertiary/aromatic N) is 1. The highest BCUT2D eigenvalue weighted by Gasteiger charge is 2.02. The van der Waals surface area contributed by atoms with E-state index in [1.807, 2.05) is 6.07 Å². The lowest BCUT2D eigenvalue weighted by Gasteiger charge is -2.08. The Bertz CT molecular complexity index is 347. The number of hydrogen-bond donors (Lipinski definition) is 1. The summed E-state index contributed by atoms with van der Waals surface area (Å²) >= 11 is 0. The highest BCUT2D eigenvalue weighted by molar-refractivity contribution is 5.81. The maximum absolute atomic E-state index is 5.54. The predicted octanol–water partition coefficient (Wildman–Crippen LogP) is 3.13. The van der Waals surface area contributed by atoms with Crippen molar-refractivity contribution < 1.29 is 0 Å². The Balaban J connectivity index is 3.08. The zero-order valence-corrected chi connectivity index (χ0v) is 9.33. The van der Waals surface area contributed by atoms with E-state index >= 15 is 0 Å². The molecule has 0 fully saturated rings. The second-order valence-electron chi connectivity index (χ2n) is 3.95. The molecular weight excluding hydrogens is 172 g/mol. The Morgan fingerprint density at radius 3 is 2.43 bits per heavy atom. The summed E-state index contributed by atoms with van der Waals surface area (Å²) in [6.07, 6.45) is 0. The van der Waals surface area contributed by atoms with Crippen LogP contribution in [0.4, 0.5) is 5.69 Å². The minimum absolute atomic E-state index is 0.561. The molecule has 0 spiro atoms. The molecule has 14 heavy (non-hydrogen) atoms. The van der Waals surface area contributed by atoms with Crippen LogP contribution in [0.3, 0.4) is 0 Å². The summed E-state index contributed by atoms with van der Waals surface area (Å²) in [5.41, 5.74) is 9.03. The number of rotatable bonds is 2. The van der Waals surface area contributed by atoms with E-state index in [4.69, 9.17) is 5.73 Å². The summed E-state index contributed by atoms with van der Waals surface area (Å²) in [7, 11) is 0. The summed E-state index contributed by atoms with van der Waals surface area (Å²) in [4.78, 5) is 4.25. The molecule has 0 unspecified atom stereocenters. The van der Waals surface area contributed by atoms with E-state index in [0.717, 1.165) is 5.69 Å². The lowest BCUT2D eigenvalue weighted by atomic mass is 10.0. The lowest BCUT2D eigenvalue weighted by molar-refractivity contribution is 0.865. The third-order valence-corrected chi connectivity index (χ3v) is 2.18. The molecule has 0 aliphatic carbocycles. The van der Waals surface area contributed by atoms with E-state index in [0.29, 0.717) is 11.8 Å². The van der Waals surface area contributed by atoms with Crippen LogP contribution in [0.2, 0.25) is 0 Å². The van der Waals surface area contributed by atoms with Gasteiger partial charge in [-0.1, -0.05) is 26.0 Å². The van der Waals surface area contributed by atoms with Crippen LogP contribution in [0.25, 0.3) is 0 Å². The molecule has 0 saturated heterocycles. The maximum atomic E-state index is 5.54. The van der Waals surface area contributed by atoms with Gasteiger partial charge in [0.15, 0.2) is 0 Å². The van der Waals surface area contributed by atoms with Crippen molar-refractivity contribution in [3.05, 3.63) is 29.3 Å². The van der Waals surface area contributed by atoms with Crippen LogP contribution in [-0.2, 0) is 0 Å². The van der Waals surface area contributed by atoms with Crippen LogP contribution in [0.5, 0.6) is 0 Å². The molecule has 0 heterocycles. The van der Waals surface area contributed by atoms with E-state index in [1.54, 1.807) is 6.92 Å². The zero-order valence-electron chi connectivity index (χ0n) is 9.33. The van der Waals surface area contributed by atoms with Gasteiger partial charge >= 0.3 is 0 Å². The first-order chi connectivity index (χ1) is 6.50. The van der Waals surface area contributed by atoms with Crippen molar-refractivity contribution >= 4 is 11.5 Å². The summed E-state index contributed by atoms with van der Waals surface area (Å²) in [5.74, 6) is 1.16. The molecular formula is C12H18N2. The molecule has 0 bridgehead atoms. The largest absolute Gasteiger partial charge is 0.387 e. The standard InChI is InChI=1S/C12H18N2/c1-8(2)11-5-6-12(9(3)7-11)14-10(4)13/h5-8H,1-4H3,(H2,13,14). The highest BCUT2D eigenvalue weighted by atomic mass is 14.8. The minimum atomic E-state index is 0.561. The average molecular weight is 190 g/mol. The minimum Gasteiger partial charge on any atom is -0.387 e. The SMILES string of the molecule is CC(N)=Nc1ccc(C(C)C)cc1C. The van der Waals surface area contributed by atoms with E-state index in [2.05, 4.69) is 37.9 Å². The second-order valence-corrected chi connectivity index (χ2v) is 3.95. The van der Waals surface area contributed by atoms with Crippen LogP contribution in [0.15, 0.2) is 23.2 Å². The monoisotopic (exact) mass is 190 g/mol. The van der Waals surface area contributed by atoms with Gasteiger partial charge in [-0.2, -0.15) is 0 Å². The van der Waals surface area contributed by atoms with Gasteiger partial charge < -0.3 is 5.73 Å². The number of benzene rings is 1. The summed E-state index contributed by atoms with van der Waals surface area (Å²) in [5, 5.41) is 0. The number of aryl methyl sites for hydroxylation is 1. The number of hydrogen-bond acceptors (Lipinski definition) is 1. The van der Waals surface area contributed by atoms with Crippen molar-refractivity contribution in [3.8, 4) is 0 Å². The topological polar surface area (TPSA) is 38.4 Å². The van der Waals surface area contributed by atoms with Crippen molar-refractivity contribution in [2.24, 2.45) is 10.7 Å². The van der Waals surface area contributed by atoms with Gasteiger partial charge in [0.1, 0.15) is 0 Å². The Morgan fingerprint density at radius 1 is 1.36 bits per heavy atom. The summed E-state index contributed by atoms with van der Waals surface area (Å²) in [6.45, 7) is 8.24. The first kappa shape index (κ1) is 10.8. The van der Waals surface area contributed by atoms with Crippen LogP contribution in [-0.4, -0.2) is 5.84 Å². The van der Waals surface area contributed by atoms with E-state index in [1.165, 1.54) is 11.1 Å². The van der Waals surface area contributed by atoms with Crippen molar-refractivity contribution in [3.63, 3.8) is 0 Å². The molecule has 0 radical (unpaired) electrons. The highest BCUT2D eigenvalue weighted by Crippen LogP contribution is 2.23. The molecule has 1 rings (SSSR count). The first-order valence-corrected chi connectivity index (χ1v) is 4.92. The Hall–Kier alpha value is -1.31. The molecule has 0 aliphatic heterocycles. The smallest absolute Gasteiger partial charge is 0.0965 e. The normalized spacial score (nSPS) is 12.2. The van der Waals surface area contributed by atoms with Crippen LogP contribution in [0, 0.1) is 6.92 Å². The molecule has 2 heteroatoms. The van der Waals surface area contributed by atoms with Crippen LogP contribution in [0.1, 0.15) is 37.8 Å². The molecule has 2 nitrogen and oxygen atoms in total. The van der Waals surface area contributed by atoms with Crippen molar-refractivity contribution in [1.82, 2.24) is 0 Å². The van der Waals surface area contributed by atoms with Gasteiger partial charge in [0.2, 0.25) is 0 Å². The van der Waals surface area contributed by atoms with Crippen molar-refractivity contribution in [1.29, 1.82) is 0 Å².